The van der Waals surface area contributed by atoms with Crippen molar-refractivity contribution in [2.24, 2.45) is 0 Å². The quantitative estimate of drug-likeness (QED) is 0.139. The van der Waals surface area contributed by atoms with Gasteiger partial charge in [-0.05, 0) is 121 Å². The van der Waals surface area contributed by atoms with Crippen LogP contribution in [0.15, 0.2) is 120 Å². The molecule has 5 aromatic carbocycles. The minimum absolute atomic E-state index is 0.157. The molecule has 0 amide bonds. The van der Waals surface area contributed by atoms with Gasteiger partial charge in [0.1, 0.15) is 11.5 Å². The summed E-state index contributed by atoms with van der Waals surface area (Å²) in [6, 6.07) is 34.5. The average Bonchev–Trinajstić information content (AvgIpc) is 3.72. The molecule has 1 aliphatic carbocycles. The molecule has 0 aliphatic heterocycles. The van der Waals surface area contributed by atoms with Crippen molar-refractivity contribution in [3.8, 4) is 11.3 Å². The van der Waals surface area contributed by atoms with Crippen LogP contribution in [0.2, 0.25) is 0 Å². The minimum Gasteiger partial charge on any atom is -0.236 e. The lowest BCUT2D eigenvalue weighted by Gasteiger charge is -2.28. The Bertz CT molecular complexity index is 2240. The van der Waals surface area contributed by atoms with E-state index < -0.39 is 15.8 Å². The first-order valence-electron chi connectivity index (χ1n) is 18.4. The van der Waals surface area contributed by atoms with Crippen LogP contribution in [0.3, 0.4) is 0 Å². The molecule has 6 heteroatoms. The molecule has 0 bridgehead atoms. The lowest BCUT2D eigenvalue weighted by Crippen LogP contribution is -2.31. The second-order valence-corrected chi connectivity index (χ2v) is 19.3. The number of halogens is 1. The van der Waals surface area contributed by atoms with Crippen molar-refractivity contribution in [3.05, 3.63) is 170 Å². The van der Waals surface area contributed by atoms with Crippen LogP contribution in [-0.2, 0) is 0 Å². The summed E-state index contributed by atoms with van der Waals surface area (Å²) in [5.74, 6) is -0.293. The Morgan fingerprint density at radius 1 is 0.585 bits per heavy atom. The zero-order chi connectivity index (χ0) is 37.6. The van der Waals surface area contributed by atoms with E-state index in [1.807, 2.05) is 12.1 Å². The highest BCUT2D eigenvalue weighted by Crippen LogP contribution is 2.51. The van der Waals surface area contributed by atoms with Crippen molar-refractivity contribution >= 4 is 42.5 Å². The summed E-state index contributed by atoms with van der Waals surface area (Å²) in [6.45, 7) is 19.7. The first-order valence-corrected chi connectivity index (χ1v) is 21.1. The predicted molar refractivity (Wildman–Crippen MR) is 227 cm³/mol. The van der Waals surface area contributed by atoms with E-state index in [1.54, 1.807) is 6.07 Å². The minimum atomic E-state index is -1.20. The van der Waals surface area contributed by atoms with E-state index in [2.05, 4.69) is 152 Å². The van der Waals surface area contributed by atoms with Crippen LogP contribution in [0, 0.1) is 61.2 Å². The molecule has 53 heavy (non-hydrogen) atoms. The maximum absolute atomic E-state index is 15.9. The molecule has 268 valence electrons. The molecule has 0 saturated carbocycles. The number of rotatable bonds is 9. The van der Waals surface area contributed by atoms with E-state index in [0.29, 0.717) is 11.3 Å². The standard InChI is InChI=1S/C47H48FN3P2/c1-29-17-30(2)22-38(21-29)52(39-23-31(3)18-32(4)24-39)45-16-12-14-42(45)37(9)51-47(46(49-50-51)43-13-10-11-15-44(43)48)53(40-25-33(5)19-34(6)26-40)41-27-35(7)20-36(8)28-41/h10-15,17-28,37H,16H2,1-9H3/t37-/m0/s1. The van der Waals surface area contributed by atoms with Crippen molar-refractivity contribution in [2.45, 2.75) is 74.8 Å². The van der Waals surface area contributed by atoms with Crippen LogP contribution in [0.1, 0.15) is 63.9 Å². The van der Waals surface area contributed by atoms with Crippen LogP contribution >= 0.6 is 15.8 Å². The van der Waals surface area contributed by atoms with Gasteiger partial charge in [0.05, 0.1) is 11.5 Å². The second kappa shape index (κ2) is 15.1. The van der Waals surface area contributed by atoms with Crippen LogP contribution in [0.5, 0.6) is 0 Å². The molecule has 7 rings (SSSR count). The molecule has 1 aliphatic rings. The summed E-state index contributed by atoms with van der Waals surface area (Å²) in [5.41, 5.74) is 13.2. The van der Waals surface area contributed by atoms with E-state index in [4.69, 9.17) is 10.3 Å². The third kappa shape index (κ3) is 7.64. The van der Waals surface area contributed by atoms with E-state index in [9.17, 15) is 0 Å². The molecule has 0 unspecified atom stereocenters. The van der Waals surface area contributed by atoms with Crippen molar-refractivity contribution in [1.29, 1.82) is 0 Å². The maximum atomic E-state index is 15.9. The van der Waals surface area contributed by atoms with Crippen molar-refractivity contribution in [1.82, 2.24) is 15.0 Å². The van der Waals surface area contributed by atoms with Crippen molar-refractivity contribution in [2.75, 3.05) is 0 Å². The largest absolute Gasteiger partial charge is 0.236 e. The monoisotopic (exact) mass is 735 g/mol. The van der Waals surface area contributed by atoms with E-state index in [-0.39, 0.29) is 11.9 Å². The molecule has 0 spiro atoms. The number of hydrogen-bond acceptors (Lipinski definition) is 2. The highest BCUT2D eigenvalue weighted by Gasteiger charge is 2.33. The average molecular weight is 736 g/mol. The number of aryl methyl sites for hydroxylation is 8. The Kier molecular flexibility index (Phi) is 10.5. The summed E-state index contributed by atoms with van der Waals surface area (Å²) in [5, 5.41) is 16.4. The Hall–Kier alpha value is -4.49. The Labute approximate surface area is 317 Å². The number of nitrogens with zero attached hydrogens (tertiary/aromatic N) is 3. The fourth-order valence-corrected chi connectivity index (χ4v) is 14.0. The molecule has 0 fully saturated rings. The second-order valence-electron chi connectivity index (χ2n) is 14.9. The predicted octanol–water partition coefficient (Wildman–Crippen LogP) is 10.2. The molecule has 1 heterocycles. The summed E-state index contributed by atoms with van der Waals surface area (Å²) in [4.78, 5) is 0. The number of aromatic nitrogens is 3. The zero-order valence-electron chi connectivity index (χ0n) is 32.3. The SMILES string of the molecule is Cc1cc(C)cc(P(C2=C([C@H](C)n3nnc(-c4ccccc4F)c3P(c3cc(C)cc(C)c3)c3cc(C)cc(C)c3)C=CC2)c2cc(C)cc(C)c2)c1. The van der Waals surface area contributed by atoms with Crippen LogP contribution in [0.25, 0.3) is 11.3 Å². The number of benzene rings is 5. The van der Waals surface area contributed by atoms with Gasteiger partial charge in [-0.3, -0.25) is 0 Å². The molecule has 3 nitrogen and oxygen atoms in total. The summed E-state index contributed by atoms with van der Waals surface area (Å²) in [6.07, 6.45) is 5.50. The molecular weight excluding hydrogens is 687 g/mol. The third-order valence-electron chi connectivity index (χ3n) is 9.90. The fourth-order valence-electron chi connectivity index (χ4n) is 8.00. The number of allylic oxidation sites excluding steroid dienone is 4. The molecule has 0 radical (unpaired) electrons. The van der Waals surface area contributed by atoms with Gasteiger partial charge in [0.15, 0.2) is 0 Å². The Morgan fingerprint density at radius 3 is 1.43 bits per heavy atom. The molecule has 6 aromatic rings. The fraction of sp³-hybridized carbons (Fsp3) is 0.234. The normalized spacial score (nSPS) is 13.5. The summed E-state index contributed by atoms with van der Waals surface area (Å²) < 4.78 is 18.0. The van der Waals surface area contributed by atoms with Crippen LogP contribution in [-0.4, -0.2) is 15.0 Å². The van der Waals surface area contributed by atoms with Crippen LogP contribution < -0.4 is 26.7 Å². The lowest BCUT2D eigenvalue weighted by molar-refractivity contribution is 0.554. The van der Waals surface area contributed by atoms with Gasteiger partial charge in [0.25, 0.3) is 0 Å². The highest BCUT2D eigenvalue weighted by atomic mass is 31.1. The first kappa shape index (κ1) is 36.9. The molecule has 0 saturated heterocycles. The zero-order valence-corrected chi connectivity index (χ0v) is 34.1. The van der Waals surface area contributed by atoms with E-state index in [0.717, 1.165) is 11.9 Å². The topological polar surface area (TPSA) is 30.7 Å². The van der Waals surface area contributed by atoms with Gasteiger partial charge in [0.2, 0.25) is 0 Å². The molecule has 1 atom stereocenters. The van der Waals surface area contributed by atoms with E-state index in [1.165, 1.54) is 82.7 Å². The highest BCUT2D eigenvalue weighted by molar-refractivity contribution is 7.80. The summed E-state index contributed by atoms with van der Waals surface area (Å²) >= 11 is 0. The van der Waals surface area contributed by atoms with Crippen molar-refractivity contribution in [3.63, 3.8) is 0 Å². The van der Waals surface area contributed by atoms with Gasteiger partial charge < -0.3 is 0 Å². The van der Waals surface area contributed by atoms with Gasteiger partial charge in [-0.25, -0.2) is 9.07 Å². The smallest absolute Gasteiger partial charge is 0.132 e. The molecular formula is C47H48FN3P2. The number of hydrogen-bond donors (Lipinski definition) is 0. The van der Waals surface area contributed by atoms with Gasteiger partial charge >= 0.3 is 0 Å². The van der Waals surface area contributed by atoms with Gasteiger partial charge in [0, 0.05) is 13.5 Å². The Balaban J connectivity index is 1.51. The third-order valence-corrected chi connectivity index (χ3v) is 14.8. The maximum Gasteiger partial charge on any atom is 0.132 e. The first-order chi connectivity index (χ1) is 25.4. The van der Waals surface area contributed by atoms with Gasteiger partial charge in [-0.15, -0.1) is 5.10 Å². The molecule has 1 aromatic heterocycles. The van der Waals surface area contributed by atoms with Gasteiger partial charge in [-0.1, -0.05) is 147 Å². The molecule has 0 N–H and O–H groups in total. The van der Waals surface area contributed by atoms with E-state index >= 15 is 4.39 Å². The van der Waals surface area contributed by atoms with Crippen molar-refractivity contribution < 1.29 is 4.39 Å². The Morgan fingerprint density at radius 2 is 1.00 bits per heavy atom. The van der Waals surface area contributed by atoms with Gasteiger partial charge in [-0.2, -0.15) is 0 Å². The summed E-state index contributed by atoms with van der Waals surface area (Å²) in [7, 11) is -2.05. The van der Waals surface area contributed by atoms with Crippen LogP contribution in [0.4, 0.5) is 4.39 Å². The lowest BCUT2D eigenvalue weighted by atomic mass is 10.1.